The molecular weight excluding hydrogens is 122 g/mol. The van der Waals surface area contributed by atoms with Gasteiger partial charge in [-0.25, -0.2) is 0 Å². The first-order valence-electron chi connectivity index (χ1n) is 2.28. The third-order valence-corrected chi connectivity index (χ3v) is 0.782. The first-order valence-corrected chi connectivity index (χ1v) is 2.28. The van der Waals surface area contributed by atoms with E-state index in [-0.39, 0.29) is 5.82 Å². The van der Waals surface area contributed by atoms with E-state index in [0.717, 1.165) is 0 Å². The predicted octanol–water partition coefficient (Wildman–Crippen LogP) is -0.196. The van der Waals surface area contributed by atoms with Gasteiger partial charge in [-0.15, -0.1) is 0 Å². The summed E-state index contributed by atoms with van der Waals surface area (Å²) < 4.78 is 0. The number of nitrogens with one attached hydrogen (secondary N) is 1. The molecule has 0 aliphatic carbocycles. The molecule has 0 radical (unpaired) electrons. The van der Waals surface area contributed by atoms with Crippen LogP contribution in [-0.2, 0) is 0 Å². The van der Waals surface area contributed by atoms with Crippen LogP contribution in [0.4, 0.5) is 5.82 Å². The Balaban J connectivity index is 2.98. The molecule has 9 heavy (non-hydrogen) atoms. The molecule has 0 aliphatic rings. The quantitative estimate of drug-likeness (QED) is 0.386. The van der Waals surface area contributed by atoms with Crippen molar-refractivity contribution in [1.82, 2.24) is 5.10 Å². The van der Waals surface area contributed by atoms with E-state index in [9.17, 15) is 10.1 Å². The van der Waals surface area contributed by atoms with Crippen molar-refractivity contribution in [1.29, 1.82) is 0 Å². The Hall–Kier alpha value is -1.52. The van der Waals surface area contributed by atoms with Crippen molar-refractivity contribution in [2.75, 3.05) is 0 Å². The second-order valence-electron chi connectivity index (χ2n) is 1.38. The molecule has 1 aromatic heterocycles. The van der Waals surface area contributed by atoms with Crippen LogP contribution in [0, 0.1) is 10.1 Å². The van der Waals surface area contributed by atoms with Gasteiger partial charge >= 0.3 is 5.82 Å². The van der Waals surface area contributed by atoms with Crippen LogP contribution in [0.5, 0.6) is 0 Å². The van der Waals surface area contributed by atoms with Crippen LogP contribution in [0.15, 0.2) is 18.3 Å². The molecule has 1 N–H and O–H groups in total. The Morgan fingerprint density at radius 2 is 2.56 bits per heavy atom. The van der Waals surface area contributed by atoms with Crippen molar-refractivity contribution in [2.45, 2.75) is 0 Å². The smallest absolute Gasteiger partial charge is 0.358 e. The minimum Gasteiger partial charge on any atom is -0.358 e. The van der Waals surface area contributed by atoms with E-state index in [1.165, 1.54) is 18.3 Å². The average Bonchev–Trinajstić information content (AvgIpc) is 1.90. The Labute approximate surface area is 50.5 Å². The molecule has 0 unspecified atom stereocenters. The summed E-state index contributed by atoms with van der Waals surface area (Å²) in [6.07, 6.45) is 1.51. The van der Waals surface area contributed by atoms with Crippen molar-refractivity contribution in [3.63, 3.8) is 0 Å². The highest BCUT2D eigenvalue weighted by atomic mass is 16.6. The normalized spacial score (nSPS) is 8.89. The lowest BCUT2D eigenvalue weighted by Gasteiger charge is -1.82. The number of aromatic nitrogens is 2. The standard InChI is InChI=1S/C4H3N3O2/c8-7(9)4-2-1-3-5-6-4/h1-3H/p+1. The zero-order valence-electron chi connectivity index (χ0n) is 4.44. The molecule has 1 rings (SSSR count). The van der Waals surface area contributed by atoms with Gasteiger partial charge in [0, 0.05) is 12.1 Å². The van der Waals surface area contributed by atoms with E-state index in [4.69, 9.17) is 0 Å². The molecular formula is C4H4N3O2+. The Morgan fingerprint density at radius 3 is 2.89 bits per heavy atom. The van der Waals surface area contributed by atoms with Crippen molar-refractivity contribution >= 4 is 5.82 Å². The summed E-state index contributed by atoms with van der Waals surface area (Å²) in [6, 6.07) is 2.83. The molecule has 0 saturated carbocycles. The van der Waals surface area contributed by atoms with Crippen LogP contribution in [0.3, 0.4) is 0 Å². The molecule has 0 saturated heterocycles. The molecule has 0 amide bonds. The highest BCUT2D eigenvalue weighted by Gasteiger charge is 2.06. The fourth-order valence-electron chi connectivity index (χ4n) is 0.420. The van der Waals surface area contributed by atoms with Crippen molar-refractivity contribution in [3.05, 3.63) is 28.4 Å². The lowest BCUT2D eigenvalue weighted by Crippen LogP contribution is -2.08. The van der Waals surface area contributed by atoms with Crippen molar-refractivity contribution in [2.24, 2.45) is 0 Å². The number of hydrogen-bond donors (Lipinski definition) is 0. The Morgan fingerprint density at radius 1 is 1.78 bits per heavy atom. The largest absolute Gasteiger partial charge is 0.436 e. The van der Waals surface area contributed by atoms with Crippen LogP contribution in [0.25, 0.3) is 0 Å². The van der Waals surface area contributed by atoms with Gasteiger partial charge in [0.05, 0.1) is 0 Å². The monoisotopic (exact) mass is 126 g/mol. The molecule has 0 fully saturated rings. The van der Waals surface area contributed by atoms with Gasteiger partial charge in [0.25, 0.3) is 0 Å². The second-order valence-corrected chi connectivity index (χ2v) is 1.38. The van der Waals surface area contributed by atoms with Crippen LogP contribution in [0.1, 0.15) is 0 Å². The van der Waals surface area contributed by atoms with E-state index in [0.29, 0.717) is 0 Å². The van der Waals surface area contributed by atoms with Crippen LogP contribution in [0.2, 0.25) is 0 Å². The molecule has 0 aromatic carbocycles. The molecule has 1 aromatic rings. The van der Waals surface area contributed by atoms with Gasteiger partial charge in [-0.3, -0.25) is 0 Å². The number of H-pyrrole nitrogens is 1. The van der Waals surface area contributed by atoms with Gasteiger partial charge in [0.1, 0.15) is 0 Å². The average molecular weight is 126 g/mol. The van der Waals surface area contributed by atoms with Gasteiger partial charge in [-0.2, -0.15) is 0 Å². The Bertz CT molecular complexity index is 210. The number of aromatic amines is 1. The van der Waals surface area contributed by atoms with Gasteiger partial charge in [0.2, 0.25) is 11.3 Å². The van der Waals surface area contributed by atoms with E-state index in [1.807, 2.05) is 0 Å². The molecule has 0 bridgehead atoms. The summed E-state index contributed by atoms with van der Waals surface area (Å²) in [5.74, 6) is -0.169. The number of hydrogen-bond acceptors (Lipinski definition) is 3. The van der Waals surface area contributed by atoms with Crippen molar-refractivity contribution in [3.8, 4) is 0 Å². The van der Waals surface area contributed by atoms with E-state index in [1.54, 1.807) is 0 Å². The molecule has 0 aliphatic heterocycles. The minimum absolute atomic E-state index is 0.169. The second kappa shape index (κ2) is 2.17. The SMILES string of the molecule is O=[N+]([O-])c1ccc[nH+]n1. The summed E-state index contributed by atoms with van der Waals surface area (Å²) >= 11 is 0. The first kappa shape index (κ1) is 5.61. The topological polar surface area (TPSA) is 70.2 Å². The molecule has 0 atom stereocenters. The highest BCUT2D eigenvalue weighted by molar-refractivity contribution is 5.11. The summed E-state index contributed by atoms with van der Waals surface area (Å²) in [7, 11) is 0. The summed E-state index contributed by atoms with van der Waals surface area (Å²) in [4.78, 5) is 9.36. The fourth-order valence-corrected chi connectivity index (χ4v) is 0.420. The first-order chi connectivity index (χ1) is 4.30. The molecule has 0 spiro atoms. The minimum atomic E-state index is -0.559. The van der Waals surface area contributed by atoms with E-state index >= 15 is 0 Å². The Kier molecular flexibility index (Phi) is 1.35. The molecule has 46 valence electrons. The number of nitrogens with zero attached hydrogens (tertiary/aromatic N) is 2. The van der Waals surface area contributed by atoms with Gasteiger partial charge in [-0.05, 0) is 10.0 Å². The molecule has 5 heteroatoms. The maximum Gasteiger partial charge on any atom is 0.436 e. The summed E-state index contributed by atoms with van der Waals surface area (Å²) in [5.41, 5.74) is 0. The number of rotatable bonds is 1. The van der Waals surface area contributed by atoms with Crippen molar-refractivity contribution < 1.29 is 10.0 Å². The van der Waals surface area contributed by atoms with E-state index in [2.05, 4.69) is 10.2 Å². The molecule has 1 heterocycles. The predicted molar refractivity (Wildman–Crippen MR) is 27.4 cm³/mol. The zero-order valence-corrected chi connectivity index (χ0v) is 4.44. The van der Waals surface area contributed by atoms with Crippen LogP contribution in [-0.4, -0.2) is 10.0 Å². The number of nitro groups is 1. The van der Waals surface area contributed by atoms with E-state index < -0.39 is 4.92 Å². The van der Waals surface area contributed by atoms with Gasteiger partial charge in [-0.1, -0.05) is 0 Å². The highest BCUT2D eigenvalue weighted by Crippen LogP contribution is 1.98. The van der Waals surface area contributed by atoms with Gasteiger partial charge < -0.3 is 10.1 Å². The van der Waals surface area contributed by atoms with Gasteiger partial charge in [0.15, 0.2) is 0 Å². The summed E-state index contributed by atoms with van der Waals surface area (Å²) in [6.45, 7) is 0. The maximum absolute atomic E-state index is 9.92. The maximum atomic E-state index is 9.92. The van der Waals surface area contributed by atoms with Crippen LogP contribution < -0.4 is 5.10 Å². The third kappa shape index (κ3) is 1.18. The lowest BCUT2D eigenvalue weighted by atomic mass is 10.5. The summed E-state index contributed by atoms with van der Waals surface area (Å²) in [5, 5.41) is 15.6. The van der Waals surface area contributed by atoms with Crippen LogP contribution >= 0.6 is 0 Å². The lowest BCUT2D eigenvalue weighted by molar-refractivity contribution is -0.482. The third-order valence-electron chi connectivity index (χ3n) is 0.782. The fraction of sp³-hybridized carbons (Fsp3) is 0. The molecule has 5 nitrogen and oxygen atoms in total. The zero-order chi connectivity index (χ0) is 6.69.